The number of halogens is 1. The van der Waals surface area contributed by atoms with Crippen LogP contribution in [0.1, 0.15) is 15.9 Å². The predicted molar refractivity (Wildman–Crippen MR) is 79.4 cm³/mol. The minimum Gasteiger partial charge on any atom is -0.383 e. The highest BCUT2D eigenvalue weighted by atomic mass is 79.9. The third-order valence-electron chi connectivity index (χ3n) is 2.86. The standard InChI is InChI=1S/C13H17BrN2O4/c1-10-4-3-5-11(12(10)16(18)19)13(17)15(7-6-14)8-9-20-2/h3-5H,6-9H2,1-2H3. The zero-order valence-corrected chi connectivity index (χ0v) is 13.1. The quantitative estimate of drug-likeness (QED) is 0.432. The van der Waals surface area contributed by atoms with E-state index in [4.69, 9.17) is 4.74 Å². The zero-order valence-electron chi connectivity index (χ0n) is 11.5. The van der Waals surface area contributed by atoms with Gasteiger partial charge in [-0.2, -0.15) is 0 Å². The number of carbonyl (C=O) groups is 1. The average Bonchev–Trinajstić information content (AvgIpc) is 2.42. The van der Waals surface area contributed by atoms with E-state index in [1.54, 1.807) is 31.1 Å². The van der Waals surface area contributed by atoms with Crippen LogP contribution < -0.4 is 0 Å². The summed E-state index contributed by atoms with van der Waals surface area (Å²) < 4.78 is 4.96. The van der Waals surface area contributed by atoms with Gasteiger partial charge >= 0.3 is 0 Å². The molecule has 0 N–H and O–H groups in total. The Labute approximate surface area is 126 Å². The van der Waals surface area contributed by atoms with E-state index in [-0.39, 0.29) is 17.2 Å². The summed E-state index contributed by atoms with van der Waals surface area (Å²) in [7, 11) is 1.55. The molecule has 1 rings (SSSR count). The van der Waals surface area contributed by atoms with Gasteiger partial charge in [0.25, 0.3) is 11.6 Å². The van der Waals surface area contributed by atoms with Crippen molar-refractivity contribution in [3.05, 3.63) is 39.4 Å². The van der Waals surface area contributed by atoms with Gasteiger partial charge in [0.1, 0.15) is 5.56 Å². The molecule has 0 aromatic heterocycles. The molecular weight excluding hydrogens is 328 g/mol. The average molecular weight is 345 g/mol. The lowest BCUT2D eigenvalue weighted by atomic mass is 10.1. The first kappa shape index (κ1) is 16.6. The molecule has 0 aliphatic carbocycles. The minimum absolute atomic E-state index is 0.118. The first-order chi connectivity index (χ1) is 9.52. The Morgan fingerprint density at radius 3 is 2.70 bits per heavy atom. The molecule has 0 saturated heterocycles. The summed E-state index contributed by atoms with van der Waals surface area (Å²) in [5.41, 5.74) is 0.466. The molecule has 0 spiro atoms. The Kier molecular flexibility index (Phi) is 6.60. The monoisotopic (exact) mass is 344 g/mol. The molecule has 0 aliphatic heterocycles. The Hall–Kier alpha value is -1.47. The highest BCUT2D eigenvalue weighted by Crippen LogP contribution is 2.24. The van der Waals surface area contributed by atoms with Gasteiger partial charge in [-0.25, -0.2) is 0 Å². The number of rotatable bonds is 7. The number of methoxy groups -OCH3 is 1. The smallest absolute Gasteiger partial charge is 0.285 e. The highest BCUT2D eigenvalue weighted by Gasteiger charge is 2.25. The number of ether oxygens (including phenoxy) is 1. The molecule has 20 heavy (non-hydrogen) atoms. The SMILES string of the molecule is COCCN(CCBr)C(=O)c1cccc(C)c1[N+](=O)[O-]. The Bertz CT molecular complexity index is 493. The van der Waals surface area contributed by atoms with E-state index >= 15 is 0 Å². The molecule has 0 saturated carbocycles. The van der Waals surface area contributed by atoms with Gasteiger partial charge in [-0.05, 0) is 13.0 Å². The normalized spacial score (nSPS) is 10.3. The lowest BCUT2D eigenvalue weighted by molar-refractivity contribution is -0.385. The number of alkyl halides is 1. The number of carbonyl (C=O) groups excluding carboxylic acids is 1. The Morgan fingerprint density at radius 2 is 2.15 bits per heavy atom. The number of aryl methyl sites for hydroxylation is 1. The maximum absolute atomic E-state index is 12.5. The maximum Gasteiger partial charge on any atom is 0.285 e. The molecule has 0 aliphatic rings. The topological polar surface area (TPSA) is 72.7 Å². The van der Waals surface area contributed by atoms with E-state index in [1.807, 2.05) is 0 Å². The van der Waals surface area contributed by atoms with Crippen molar-refractivity contribution in [2.24, 2.45) is 0 Å². The van der Waals surface area contributed by atoms with Crippen LogP contribution in [-0.2, 0) is 4.74 Å². The summed E-state index contributed by atoms with van der Waals surface area (Å²) in [5, 5.41) is 11.7. The van der Waals surface area contributed by atoms with E-state index in [1.165, 1.54) is 6.07 Å². The van der Waals surface area contributed by atoms with Gasteiger partial charge in [-0.1, -0.05) is 28.1 Å². The molecule has 1 amide bonds. The summed E-state index contributed by atoms with van der Waals surface area (Å²) >= 11 is 3.28. The lowest BCUT2D eigenvalue weighted by Gasteiger charge is -2.21. The largest absolute Gasteiger partial charge is 0.383 e. The number of nitro groups is 1. The predicted octanol–water partition coefficient (Wildman–Crippen LogP) is 2.39. The van der Waals surface area contributed by atoms with Crippen LogP contribution >= 0.6 is 15.9 Å². The fraction of sp³-hybridized carbons (Fsp3) is 0.462. The lowest BCUT2D eigenvalue weighted by Crippen LogP contribution is -2.35. The van der Waals surface area contributed by atoms with Gasteiger partial charge in [0.2, 0.25) is 0 Å². The maximum atomic E-state index is 12.5. The number of benzene rings is 1. The number of hydrogen-bond donors (Lipinski definition) is 0. The van der Waals surface area contributed by atoms with E-state index < -0.39 is 4.92 Å². The van der Waals surface area contributed by atoms with Gasteiger partial charge in [0.15, 0.2) is 0 Å². The van der Waals surface area contributed by atoms with Gasteiger partial charge in [0, 0.05) is 31.1 Å². The van der Waals surface area contributed by atoms with Crippen LogP contribution in [0.2, 0.25) is 0 Å². The Morgan fingerprint density at radius 1 is 1.45 bits per heavy atom. The first-order valence-corrected chi connectivity index (χ1v) is 7.23. The van der Waals surface area contributed by atoms with Gasteiger partial charge in [0.05, 0.1) is 11.5 Å². The number of nitro benzene ring substituents is 1. The highest BCUT2D eigenvalue weighted by molar-refractivity contribution is 9.09. The fourth-order valence-corrected chi connectivity index (χ4v) is 2.29. The third-order valence-corrected chi connectivity index (χ3v) is 3.21. The van der Waals surface area contributed by atoms with Crippen LogP contribution in [0.4, 0.5) is 5.69 Å². The van der Waals surface area contributed by atoms with Crippen molar-refractivity contribution in [2.75, 3.05) is 32.1 Å². The van der Waals surface area contributed by atoms with E-state index in [0.717, 1.165) is 0 Å². The third kappa shape index (κ3) is 4.01. The van der Waals surface area contributed by atoms with Gasteiger partial charge in [-0.15, -0.1) is 0 Å². The molecule has 0 heterocycles. The van der Waals surface area contributed by atoms with Crippen LogP contribution in [0.25, 0.3) is 0 Å². The summed E-state index contributed by atoms with van der Waals surface area (Å²) in [6.07, 6.45) is 0. The van der Waals surface area contributed by atoms with Crippen molar-refractivity contribution in [2.45, 2.75) is 6.92 Å². The molecule has 7 heteroatoms. The number of hydrogen-bond acceptors (Lipinski definition) is 4. The van der Waals surface area contributed by atoms with Crippen LogP contribution in [0.3, 0.4) is 0 Å². The minimum atomic E-state index is -0.509. The summed E-state index contributed by atoms with van der Waals surface area (Å²) in [6.45, 7) is 2.87. The molecular formula is C13H17BrN2O4. The second-order valence-corrected chi connectivity index (χ2v) is 5.00. The van der Waals surface area contributed by atoms with Crippen LogP contribution in [0.15, 0.2) is 18.2 Å². The van der Waals surface area contributed by atoms with Crippen molar-refractivity contribution in [1.29, 1.82) is 0 Å². The zero-order chi connectivity index (χ0) is 15.1. The molecule has 0 unspecified atom stereocenters. The van der Waals surface area contributed by atoms with Crippen molar-refractivity contribution in [1.82, 2.24) is 4.90 Å². The summed E-state index contributed by atoms with van der Waals surface area (Å²) in [4.78, 5) is 24.6. The van der Waals surface area contributed by atoms with Crippen LogP contribution in [-0.4, -0.2) is 47.9 Å². The summed E-state index contributed by atoms with van der Waals surface area (Å²) in [5.74, 6) is -0.350. The van der Waals surface area contributed by atoms with Crippen molar-refractivity contribution >= 4 is 27.5 Å². The Balaban J connectivity index is 3.11. The van der Waals surface area contributed by atoms with E-state index in [2.05, 4.69) is 15.9 Å². The molecule has 0 fully saturated rings. The summed E-state index contributed by atoms with van der Waals surface area (Å²) in [6, 6.07) is 4.76. The second kappa shape index (κ2) is 7.96. The molecule has 110 valence electrons. The van der Waals surface area contributed by atoms with Gasteiger partial charge < -0.3 is 9.64 Å². The van der Waals surface area contributed by atoms with Gasteiger partial charge in [-0.3, -0.25) is 14.9 Å². The molecule has 0 atom stereocenters. The van der Waals surface area contributed by atoms with Crippen molar-refractivity contribution in [3.63, 3.8) is 0 Å². The van der Waals surface area contributed by atoms with Crippen molar-refractivity contribution < 1.29 is 14.5 Å². The molecule has 0 bridgehead atoms. The number of para-hydroxylation sites is 1. The van der Waals surface area contributed by atoms with E-state index in [9.17, 15) is 14.9 Å². The molecule has 1 aromatic carbocycles. The van der Waals surface area contributed by atoms with Crippen molar-refractivity contribution in [3.8, 4) is 0 Å². The van der Waals surface area contributed by atoms with Crippen LogP contribution in [0.5, 0.6) is 0 Å². The fourth-order valence-electron chi connectivity index (χ4n) is 1.86. The van der Waals surface area contributed by atoms with E-state index in [0.29, 0.717) is 30.6 Å². The number of nitrogens with zero attached hydrogens (tertiary/aromatic N) is 2. The molecule has 6 nitrogen and oxygen atoms in total. The number of amides is 1. The first-order valence-electron chi connectivity index (χ1n) is 6.11. The molecule has 0 radical (unpaired) electrons. The second-order valence-electron chi connectivity index (χ2n) is 4.20. The molecule has 1 aromatic rings. The van der Waals surface area contributed by atoms with Crippen LogP contribution in [0, 0.1) is 17.0 Å².